The first-order chi connectivity index (χ1) is 13.5. The number of pyridine rings is 2. The lowest BCUT2D eigenvalue weighted by molar-refractivity contribution is -0.118. The first-order valence-corrected chi connectivity index (χ1v) is 9.38. The highest BCUT2D eigenvalue weighted by Crippen LogP contribution is 2.34. The van der Waals surface area contributed by atoms with Crippen LogP contribution in [0.4, 0.5) is 0 Å². The molecule has 28 heavy (non-hydrogen) atoms. The molecule has 0 radical (unpaired) electrons. The minimum Gasteiger partial charge on any atom is -0.489 e. The average molecular weight is 374 g/mol. The summed E-state index contributed by atoms with van der Waals surface area (Å²) in [6, 6.07) is 9.85. The van der Waals surface area contributed by atoms with Crippen LogP contribution >= 0.6 is 0 Å². The van der Waals surface area contributed by atoms with Gasteiger partial charge in [0.2, 0.25) is 0 Å². The summed E-state index contributed by atoms with van der Waals surface area (Å²) >= 11 is 0. The zero-order chi connectivity index (χ0) is 19.7. The van der Waals surface area contributed by atoms with Crippen LogP contribution in [-0.2, 0) is 31.3 Å². The van der Waals surface area contributed by atoms with Crippen molar-refractivity contribution in [3.05, 3.63) is 81.5 Å². The van der Waals surface area contributed by atoms with Gasteiger partial charge in [-0.2, -0.15) is 0 Å². The summed E-state index contributed by atoms with van der Waals surface area (Å²) in [4.78, 5) is 28.1. The van der Waals surface area contributed by atoms with Crippen molar-refractivity contribution < 1.29 is 9.53 Å². The van der Waals surface area contributed by atoms with Crippen molar-refractivity contribution in [1.82, 2.24) is 9.55 Å². The van der Waals surface area contributed by atoms with E-state index in [1.165, 1.54) is 0 Å². The maximum absolute atomic E-state index is 12.0. The van der Waals surface area contributed by atoms with E-state index >= 15 is 0 Å². The molecular formula is C23H22N2O3. The summed E-state index contributed by atoms with van der Waals surface area (Å²) in [7, 11) is 1.76. The van der Waals surface area contributed by atoms with E-state index < -0.39 is 0 Å². The number of aromatic nitrogens is 2. The fourth-order valence-electron chi connectivity index (χ4n) is 3.66. The largest absolute Gasteiger partial charge is 0.489 e. The number of aryl methyl sites for hydroxylation is 3. The first kappa shape index (κ1) is 18.2. The Morgan fingerprint density at radius 1 is 1.07 bits per heavy atom. The molecular weight excluding hydrogens is 352 g/mol. The molecule has 142 valence electrons. The van der Waals surface area contributed by atoms with Crippen LogP contribution in [0.5, 0.6) is 5.75 Å². The van der Waals surface area contributed by atoms with Crippen molar-refractivity contribution in [3.63, 3.8) is 0 Å². The summed E-state index contributed by atoms with van der Waals surface area (Å²) in [5.74, 6) is 0.982. The van der Waals surface area contributed by atoms with Gasteiger partial charge in [0.25, 0.3) is 5.56 Å². The van der Waals surface area contributed by atoms with Gasteiger partial charge in [-0.05, 0) is 59.9 Å². The van der Waals surface area contributed by atoms with Gasteiger partial charge in [0, 0.05) is 49.6 Å². The molecule has 0 saturated carbocycles. The molecule has 5 heteroatoms. The van der Waals surface area contributed by atoms with Crippen LogP contribution in [-0.4, -0.2) is 15.3 Å². The molecule has 0 unspecified atom stereocenters. The fourth-order valence-corrected chi connectivity index (χ4v) is 3.66. The third kappa shape index (κ3) is 3.60. The molecule has 5 nitrogen and oxygen atoms in total. The topological polar surface area (TPSA) is 61.2 Å². The third-order valence-corrected chi connectivity index (χ3v) is 5.19. The molecule has 0 aliphatic heterocycles. The maximum atomic E-state index is 12.0. The second kappa shape index (κ2) is 7.43. The lowest BCUT2D eigenvalue weighted by atomic mass is 9.87. The Kier molecular flexibility index (Phi) is 4.82. The van der Waals surface area contributed by atoms with Crippen molar-refractivity contribution in [1.29, 1.82) is 0 Å². The second-order valence-corrected chi connectivity index (χ2v) is 7.30. The molecule has 1 aromatic carbocycles. The van der Waals surface area contributed by atoms with Crippen molar-refractivity contribution in [2.24, 2.45) is 7.05 Å². The molecule has 4 rings (SSSR count). The molecule has 0 atom stereocenters. The van der Waals surface area contributed by atoms with Gasteiger partial charge in [-0.1, -0.05) is 6.07 Å². The Morgan fingerprint density at radius 2 is 1.86 bits per heavy atom. The number of ketones is 1. The molecule has 0 N–H and O–H groups in total. The highest BCUT2D eigenvalue weighted by molar-refractivity contribution is 5.85. The van der Waals surface area contributed by atoms with E-state index in [0.29, 0.717) is 25.0 Å². The van der Waals surface area contributed by atoms with E-state index in [0.717, 1.165) is 40.0 Å². The van der Waals surface area contributed by atoms with E-state index in [-0.39, 0.29) is 11.3 Å². The number of carbonyl (C=O) groups is 1. The Balaban J connectivity index is 1.76. The molecule has 0 spiro atoms. The number of hydrogen-bond acceptors (Lipinski definition) is 4. The molecule has 0 saturated heterocycles. The van der Waals surface area contributed by atoms with Crippen LogP contribution in [0.15, 0.2) is 53.7 Å². The number of ether oxygens (including phenoxy) is 1. The van der Waals surface area contributed by atoms with Gasteiger partial charge in [0.05, 0.1) is 0 Å². The van der Waals surface area contributed by atoms with Gasteiger partial charge in [-0.3, -0.25) is 14.6 Å². The SMILES string of the molecule is Cc1cc(-c2cc3c(c(OCc4ccncc4)c2)CC(=O)CC3)cn(C)c1=O. The van der Waals surface area contributed by atoms with Crippen LogP contribution in [0.2, 0.25) is 0 Å². The standard InChI is InChI=1S/C23H22N2O3/c1-15-9-19(13-25(2)23(15)27)18-10-17-3-4-20(26)12-21(17)22(11-18)28-14-16-5-7-24-8-6-16/h5-11,13H,3-4,12,14H2,1-2H3. The lowest BCUT2D eigenvalue weighted by Gasteiger charge is -2.21. The maximum Gasteiger partial charge on any atom is 0.253 e. The number of carbonyl (C=O) groups excluding carboxylic acids is 1. The Hall–Kier alpha value is -3.21. The van der Waals surface area contributed by atoms with Crippen LogP contribution in [0.1, 0.15) is 28.7 Å². The van der Waals surface area contributed by atoms with Crippen LogP contribution in [0, 0.1) is 6.92 Å². The Morgan fingerprint density at radius 3 is 2.61 bits per heavy atom. The van der Waals surface area contributed by atoms with E-state index in [2.05, 4.69) is 11.1 Å². The molecule has 0 amide bonds. The predicted molar refractivity (Wildman–Crippen MR) is 107 cm³/mol. The smallest absolute Gasteiger partial charge is 0.253 e. The van der Waals surface area contributed by atoms with Crippen LogP contribution < -0.4 is 10.3 Å². The highest BCUT2D eigenvalue weighted by Gasteiger charge is 2.21. The fraction of sp³-hybridized carbons (Fsp3) is 0.261. The molecule has 2 heterocycles. The second-order valence-electron chi connectivity index (χ2n) is 7.30. The molecule has 2 aromatic heterocycles. The van der Waals surface area contributed by atoms with E-state index in [1.807, 2.05) is 37.4 Å². The molecule has 0 bridgehead atoms. The Labute approximate surface area is 163 Å². The summed E-state index contributed by atoms with van der Waals surface area (Å²) in [6.45, 7) is 2.24. The molecule has 1 aliphatic carbocycles. The number of Topliss-reactive ketones (excluding diaryl/α,β-unsaturated/α-hetero) is 1. The summed E-state index contributed by atoms with van der Waals surface area (Å²) < 4.78 is 7.74. The summed E-state index contributed by atoms with van der Waals surface area (Å²) in [6.07, 6.45) is 7.01. The summed E-state index contributed by atoms with van der Waals surface area (Å²) in [5, 5.41) is 0. The monoisotopic (exact) mass is 374 g/mol. The number of rotatable bonds is 4. The van der Waals surface area contributed by atoms with Crippen molar-refractivity contribution in [3.8, 4) is 16.9 Å². The zero-order valence-corrected chi connectivity index (χ0v) is 16.1. The van der Waals surface area contributed by atoms with Gasteiger partial charge in [-0.15, -0.1) is 0 Å². The van der Waals surface area contributed by atoms with Gasteiger partial charge < -0.3 is 9.30 Å². The lowest BCUT2D eigenvalue weighted by Crippen LogP contribution is -2.18. The van der Waals surface area contributed by atoms with E-state index in [1.54, 1.807) is 24.0 Å². The number of fused-ring (bicyclic) bond motifs is 1. The van der Waals surface area contributed by atoms with Gasteiger partial charge in [-0.25, -0.2) is 0 Å². The Bertz CT molecular complexity index is 1070. The van der Waals surface area contributed by atoms with Gasteiger partial charge in [0.15, 0.2) is 0 Å². The number of hydrogen-bond donors (Lipinski definition) is 0. The number of nitrogens with zero attached hydrogens (tertiary/aromatic N) is 2. The van der Waals surface area contributed by atoms with E-state index in [4.69, 9.17) is 4.74 Å². The quantitative estimate of drug-likeness (QED) is 0.702. The normalized spacial score (nSPS) is 13.3. The minimum atomic E-state index is 0.00136. The average Bonchev–Trinajstić information content (AvgIpc) is 2.70. The van der Waals surface area contributed by atoms with Crippen molar-refractivity contribution in [2.75, 3.05) is 0 Å². The van der Waals surface area contributed by atoms with Crippen LogP contribution in [0.3, 0.4) is 0 Å². The van der Waals surface area contributed by atoms with Gasteiger partial charge >= 0.3 is 0 Å². The van der Waals surface area contributed by atoms with Crippen molar-refractivity contribution in [2.45, 2.75) is 32.8 Å². The molecule has 1 aliphatic rings. The predicted octanol–water partition coefficient (Wildman–Crippen LogP) is 3.39. The van der Waals surface area contributed by atoms with Gasteiger partial charge in [0.1, 0.15) is 18.1 Å². The minimum absolute atomic E-state index is 0.00136. The zero-order valence-electron chi connectivity index (χ0n) is 16.1. The highest BCUT2D eigenvalue weighted by atomic mass is 16.5. The summed E-state index contributed by atoms with van der Waals surface area (Å²) in [5.41, 5.74) is 5.82. The van der Waals surface area contributed by atoms with Crippen LogP contribution in [0.25, 0.3) is 11.1 Å². The molecule has 3 aromatic rings. The van der Waals surface area contributed by atoms with Crippen molar-refractivity contribution >= 4 is 5.78 Å². The molecule has 0 fully saturated rings. The number of benzene rings is 1. The van der Waals surface area contributed by atoms with E-state index in [9.17, 15) is 9.59 Å². The third-order valence-electron chi connectivity index (χ3n) is 5.19. The first-order valence-electron chi connectivity index (χ1n) is 9.38.